The maximum atomic E-state index is 12.0. The Morgan fingerprint density at radius 1 is 1.45 bits per heavy atom. The highest BCUT2D eigenvalue weighted by atomic mass is 35.5. The summed E-state index contributed by atoms with van der Waals surface area (Å²) in [5.41, 5.74) is 2.43. The molecule has 2 aromatic heterocycles. The summed E-state index contributed by atoms with van der Waals surface area (Å²) in [6.45, 7) is 2.37. The average molecular weight is 294 g/mol. The SMILES string of the molecule is CNc1ncc(C(=O)NCc2cnn(C)c2C)cc1Cl. The van der Waals surface area contributed by atoms with Gasteiger partial charge in [0.1, 0.15) is 5.82 Å². The Morgan fingerprint density at radius 2 is 2.20 bits per heavy atom. The van der Waals surface area contributed by atoms with Crippen molar-refractivity contribution in [1.29, 1.82) is 0 Å². The van der Waals surface area contributed by atoms with E-state index in [0.717, 1.165) is 11.3 Å². The number of rotatable bonds is 4. The van der Waals surface area contributed by atoms with Gasteiger partial charge in [-0.15, -0.1) is 0 Å². The number of aromatic nitrogens is 3. The van der Waals surface area contributed by atoms with Crippen LogP contribution in [0, 0.1) is 6.92 Å². The summed E-state index contributed by atoms with van der Waals surface area (Å²) in [4.78, 5) is 16.1. The van der Waals surface area contributed by atoms with E-state index in [1.54, 1.807) is 24.0 Å². The van der Waals surface area contributed by atoms with E-state index in [2.05, 4.69) is 20.7 Å². The van der Waals surface area contributed by atoms with Crippen molar-refractivity contribution >= 4 is 23.3 Å². The molecular formula is C13H16ClN5O. The molecular weight excluding hydrogens is 278 g/mol. The Morgan fingerprint density at radius 3 is 2.75 bits per heavy atom. The highest BCUT2D eigenvalue weighted by Gasteiger charge is 2.10. The molecule has 0 spiro atoms. The van der Waals surface area contributed by atoms with Gasteiger partial charge in [0, 0.05) is 38.1 Å². The number of nitrogens with zero attached hydrogens (tertiary/aromatic N) is 3. The summed E-state index contributed by atoms with van der Waals surface area (Å²) < 4.78 is 1.77. The Balaban J connectivity index is 2.05. The van der Waals surface area contributed by atoms with Crippen molar-refractivity contribution in [2.45, 2.75) is 13.5 Å². The molecule has 2 rings (SSSR count). The van der Waals surface area contributed by atoms with Gasteiger partial charge >= 0.3 is 0 Å². The molecule has 0 saturated heterocycles. The Hall–Kier alpha value is -2.08. The van der Waals surface area contributed by atoms with Crippen LogP contribution >= 0.6 is 11.6 Å². The van der Waals surface area contributed by atoms with Gasteiger partial charge in [-0.25, -0.2) is 4.98 Å². The summed E-state index contributed by atoms with van der Waals surface area (Å²) in [5, 5.41) is 10.2. The molecule has 0 aromatic carbocycles. The highest BCUT2D eigenvalue weighted by Crippen LogP contribution is 2.19. The van der Waals surface area contributed by atoms with Crippen LogP contribution in [0.2, 0.25) is 5.02 Å². The predicted molar refractivity (Wildman–Crippen MR) is 77.9 cm³/mol. The standard InChI is InChI=1S/C13H16ClN5O/c1-8-10(7-18-19(8)3)6-17-13(20)9-4-11(14)12(15-2)16-5-9/h4-5,7H,6H2,1-3H3,(H,15,16)(H,17,20). The number of carbonyl (C=O) groups is 1. The molecule has 2 heterocycles. The van der Waals surface area contributed by atoms with Gasteiger partial charge in [0.2, 0.25) is 0 Å². The second-order valence-electron chi connectivity index (χ2n) is 4.37. The lowest BCUT2D eigenvalue weighted by Crippen LogP contribution is -2.23. The molecule has 0 aliphatic rings. The van der Waals surface area contributed by atoms with Gasteiger partial charge < -0.3 is 10.6 Å². The lowest BCUT2D eigenvalue weighted by atomic mass is 10.2. The van der Waals surface area contributed by atoms with Gasteiger partial charge in [0.15, 0.2) is 0 Å². The minimum absolute atomic E-state index is 0.217. The molecule has 0 aliphatic heterocycles. The van der Waals surface area contributed by atoms with Crippen LogP contribution in [-0.4, -0.2) is 27.7 Å². The summed E-state index contributed by atoms with van der Waals surface area (Å²) in [5.74, 6) is 0.330. The normalized spacial score (nSPS) is 10.4. The number of pyridine rings is 1. The zero-order valence-corrected chi connectivity index (χ0v) is 12.3. The first-order chi connectivity index (χ1) is 9.52. The zero-order chi connectivity index (χ0) is 14.7. The molecule has 2 N–H and O–H groups in total. The molecule has 2 aromatic rings. The molecule has 7 heteroatoms. The van der Waals surface area contributed by atoms with Crippen LogP contribution in [0.1, 0.15) is 21.6 Å². The van der Waals surface area contributed by atoms with Crippen LogP contribution in [0.25, 0.3) is 0 Å². The first kappa shape index (κ1) is 14.3. The first-order valence-corrected chi connectivity index (χ1v) is 6.49. The molecule has 106 valence electrons. The molecule has 0 aliphatic carbocycles. The lowest BCUT2D eigenvalue weighted by Gasteiger charge is -2.07. The Labute approximate surface area is 122 Å². The van der Waals surface area contributed by atoms with Gasteiger partial charge in [-0.3, -0.25) is 9.48 Å². The molecule has 0 atom stereocenters. The predicted octanol–water partition coefficient (Wildman–Crippen LogP) is 1.75. The fourth-order valence-corrected chi connectivity index (χ4v) is 2.00. The lowest BCUT2D eigenvalue weighted by molar-refractivity contribution is 0.0950. The van der Waals surface area contributed by atoms with Crippen LogP contribution in [0.4, 0.5) is 5.82 Å². The van der Waals surface area contributed by atoms with Gasteiger partial charge in [-0.2, -0.15) is 5.10 Å². The number of carbonyl (C=O) groups excluding carboxylic acids is 1. The molecule has 0 radical (unpaired) electrons. The van der Waals surface area contributed by atoms with Crippen molar-refractivity contribution in [3.63, 3.8) is 0 Å². The molecule has 0 fully saturated rings. The van der Waals surface area contributed by atoms with Gasteiger partial charge in [0.05, 0.1) is 16.8 Å². The average Bonchev–Trinajstić information content (AvgIpc) is 2.76. The number of amides is 1. The molecule has 0 saturated carbocycles. The van der Waals surface area contributed by atoms with E-state index in [-0.39, 0.29) is 5.91 Å². The first-order valence-electron chi connectivity index (χ1n) is 6.12. The summed E-state index contributed by atoms with van der Waals surface area (Å²) in [6.07, 6.45) is 3.23. The van der Waals surface area contributed by atoms with E-state index in [1.165, 1.54) is 6.20 Å². The van der Waals surface area contributed by atoms with Crippen molar-refractivity contribution in [2.24, 2.45) is 7.05 Å². The monoisotopic (exact) mass is 293 g/mol. The number of halogens is 1. The third-order valence-corrected chi connectivity index (χ3v) is 3.40. The van der Waals surface area contributed by atoms with Crippen molar-refractivity contribution in [3.05, 3.63) is 40.3 Å². The van der Waals surface area contributed by atoms with E-state index >= 15 is 0 Å². The van der Waals surface area contributed by atoms with Gasteiger partial charge in [0.25, 0.3) is 5.91 Å². The molecule has 0 bridgehead atoms. The number of anilines is 1. The molecule has 20 heavy (non-hydrogen) atoms. The van der Waals surface area contributed by atoms with Crippen LogP contribution in [-0.2, 0) is 13.6 Å². The van der Waals surface area contributed by atoms with Crippen molar-refractivity contribution < 1.29 is 4.79 Å². The number of hydrogen-bond donors (Lipinski definition) is 2. The van der Waals surface area contributed by atoms with E-state index < -0.39 is 0 Å². The fourth-order valence-electron chi connectivity index (χ4n) is 1.74. The second-order valence-corrected chi connectivity index (χ2v) is 4.77. The minimum Gasteiger partial charge on any atom is -0.372 e. The van der Waals surface area contributed by atoms with E-state index in [9.17, 15) is 4.79 Å². The van der Waals surface area contributed by atoms with Gasteiger partial charge in [-0.1, -0.05) is 11.6 Å². The smallest absolute Gasteiger partial charge is 0.253 e. The van der Waals surface area contributed by atoms with Crippen molar-refractivity contribution in [2.75, 3.05) is 12.4 Å². The van der Waals surface area contributed by atoms with Gasteiger partial charge in [-0.05, 0) is 13.0 Å². The van der Waals surface area contributed by atoms with E-state index in [1.807, 2.05) is 14.0 Å². The fraction of sp³-hybridized carbons (Fsp3) is 0.308. The summed E-state index contributed by atoms with van der Waals surface area (Å²) >= 11 is 6.00. The zero-order valence-electron chi connectivity index (χ0n) is 11.6. The number of aryl methyl sites for hydroxylation is 1. The van der Waals surface area contributed by atoms with Crippen molar-refractivity contribution in [3.8, 4) is 0 Å². The third-order valence-electron chi connectivity index (χ3n) is 3.12. The molecule has 6 nitrogen and oxygen atoms in total. The molecule has 0 unspecified atom stereocenters. The minimum atomic E-state index is -0.217. The topological polar surface area (TPSA) is 71.8 Å². The van der Waals surface area contributed by atoms with Crippen LogP contribution in [0.3, 0.4) is 0 Å². The Bertz CT molecular complexity index is 638. The van der Waals surface area contributed by atoms with E-state index in [4.69, 9.17) is 11.6 Å². The maximum absolute atomic E-state index is 12.0. The van der Waals surface area contributed by atoms with Crippen LogP contribution < -0.4 is 10.6 Å². The largest absolute Gasteiger partial charge is 0.372 e. The maximum Gasteiger partial charge on any atom is 0.253 e. The van der Waals surface area contributed by atoms with E-state index in [0.29, 0.717) is 22.9 Å². The molecule has 1 amide bonds. The highest BCUT2D eigenvalue weighted by molar-refractivity contribution is 6.33. The quantitative estimate of drug-likeness (QED) is 0.901. The summed E-state index contributed by atoms with van der Waals surface area (Å²) in [6, 6.07) is 1.59. The van der Waals surface area contributed by atoms with Crippen LogP contribution in [0.15, 0.2) is 18.5 Å². The third kappa shape index (κ3) is 2.91. The Kier molecular flexibility index (Phi) is 4.24. The number of nitrogens with one attached hydrogen (secondary N) is 2. The second kappa shape index (κ2) is 5.92. The summed E-state index contributed by atoms with van der Waals surface area (Å²) in [7, 11) is 3.58. The van der Waals surface area contributed by atoms with Crippen LogP contribution in [0.5, 0.6) is 0 Å². The van der Waals surface area contributed by atoms with Crippen molar-refractivity contribution in [1.82, 2.24) is 20.1 Å². The number of hydrogen-bond acceptors (Lipinski definition) is 4.